The summed E-state index contributed by atoms with van der Waals surface area (Å²) >= 11 is 28.5. The Hall–Kier alpha value is -0.120. The minimum atomic E-state index is -2.14. The molecule has 92 valence electrons. The second-order valence-corrected chi connectivity index (χ2v) is 6.04. The first-order chi connectivity index (χ1) is 7.75. The van der Waals surface area contributed by atoms with E-state index in [-0.39, 0.29) is 10.1 Å². The summed E-state index contributed by atoms with van der Waals surface area (Å²) in [6, 6.07) is 6.40. The van der Waals surface area contributed by atoms with Gasteiger partial charge in [0.25, 0.3) is 0 Å². The maximum absolute atomic E-state index is 11.0. The fourth-order valence-corrected chi connectivity index (χ4v) is 2.45. The summed E-state index contributed by atoms with van der Waals surface area (Å²) < 4.78 is -2.14. The molecule has 0 aromatic heterocycles. The largest absolute Gasteiger partial charge is 0.478 e. The molecule has 1 aromatic carbocycles. The van der Waals surface area contributed by atoms with Gasteiger partial charge in [0.05, 0.1) is 5.03 Å². The van der Waals surface area contributed by atoms with Crippen LogP contribution in [0.3, 0.4) is 0 Å². The van der Waals surface area contributed by atoms with Crippen LogP contribution in [0.1, 0.15) is 5.56 Å². The van der Waals surface area contributed by atoms with Crippen molar-refractivity contribution in [2.75, 3.05) is 0 Å². The molecule has 0 spiro atoms. The lowest BCUT2D eigenvalue weighted by atomic mass is 10.1. The zero-order valence-corrected chi connectivity index (χ0v) is 11.8. The van der Waals surface area contributed by atoms with Crippen LogP contribution in [-0.2, 0) is 4.79 Å². The van der Waals surface area contributed by atoms with Gasteiger partial charge in [-0.25, -0.2) is 4.79 Å². The van der Waals surface area contributed by atoms with Gasteiger partial charge < -0.3 is 5.11 Å². The van der Waals surface area contributed by atoms with Crippen molar-refractivity contribution in [3.8, 4) is 0 Å². The van der Waals surface area contributed by atoms with Crippen molar-refractivity contribution in [1.82, 2.24) is 0 Å². The summed E-state index contributed by atoms with van der Waals surface area (Å²) in [5, 5.41) is 9.06. The molecule has 0 aliphatic rings. The molecule has 0 bridgehead atoms. The maximum Gasteiger partial charge on any atom is 0.337 e. The average molecular weight is 334 g/mol. The Morgan fingerprint density at radius 3 is 2.12 bits per heavy atom. The first-order valence-corrected chi connectivity index (χ1v) is 6.09. The first-order valence-electron chi connectivity index (χ1n) is 4.20. The zero-order chi connectivity index (χ0) is 13.2. The highest BCUT2D eigenvalue weighted by molar-refractivity contribution is 6.72. The van der Waals surface area contributed by atoms with Crippen LogP contribution in [0.15, 0.2) is 29.8 Å². The predicted octanol–water partition coefficient (Wildman–Crippen LogP) is 4.74. The number of aliphatic carboxylic acids is 1. The van der Waals surface area contributed by atoms with Crippen LogP contribution in [0.25, 0.3) is 5.03 Å². The minimum Gasteiger partial charge on any atom is -0.478 e. The number of carbonyl (C=O) groups is 1. The number of alkyl halides is 3. The lowest BCUT2D eigenvalue weighted by Crippen LogP contribution is -2.17. The van der Waals surface area contributed by atoms with E-state index in [4.69, 9.17) is 63.1 Å². The highest BCUT2D eigenvalue weighted by Crippen LogP contribution is 2.41. The van der Waals surface area contributed by atoms with Crippen LogP contribution in [-0.4, -0.2) is 14.9 Å². The van der Waals surface area contributed by atoms with Crippen molar-refractivity contribution < 1.29 is 9.90 Å². The van der Waals surface area contributed by atoms with E-state index in [1.165, 1.54) is 6.07 Å². The summed E-state index contributed by atoms with van der Waals surface area (Å²) in [6.45, 7) is 0. The Bertz CT molecular complexity index is 476. The van der Waals surface area contributed by atoms with Crippen LogP contribution in [0.5, 0.6) is 0 Å². The minimum absolute atomic E-state index is 0.205. The molecule has 0 atom stereocenters. The summed E-state index contributed by atoms with van der Waals surface area (Å²) in [5.74, 6) is -1.42. The molecule has 1 N–H and O–H groups in total. The molecule has 0 saturated carbocycles. The maximum atomic E-state index is 11.0. The van der Waals surface area contributed by atoms with Crippen molar-refractivity contribution >= 4 is 69.0 Å². The molecule has 0 saturated heterocycles. The molecular formula is C10H5Cl5O2. The number of benzene rings is 1. The lowest BCUT2D eigenvalue weighted by molar-refractivity contribution is -0.132. The van der Waals surface area contributed by atoms with Gasteiger partial charge in [0.2, 0.25) is 3.79 Å². The summed E-state index contributed by atoms with van der Waals surface area (Å²) in [5.41, 5.74) is -0.253. The van der Waals surface area contributed by atoms with Crippen molar-refractivity contribution in [3.05, 3.63) is 40.4 Å². The van der Waals surface area contributed by atoms with Crippen LogP contribution in [0, 0.1) is 0 Å². The van der Waals surface area contributed by atoms with E-state index in [0.717, 1.165) is 0 Å². The van der Waals surface area contributed by atoms with Gasteiger partial charge in [0.1, 0.15) is 5.57 Å². The number of carboxylic acid groups (broad SMARTS) is 1. The molecular weight excluding hydrogens is 329 g/mol. The molecule has 17 heavy (non-hydrogen) atoms. The Morgan fingerprint density at radius 1 is 1.18 bits per heavy atom. The molecule has 0 amide bonds. The number of hydrogen-bond donors (Lipinski definition) is 1. The number of halogens is 5. The third kappa shape index (κ3) is 3.67. The Morgan fingerprint density at radius 2 is 1.71 bits per heavy atom. The van der Waals surface area contributed by atoms with Gasteiger partial charge in [-0.3, -0.25) is 0 Å². The van der Waals surface area contributed by atoms with Crippen LogP contribution >= 0.6 is 58.0 Å². The molecule has 1 rings (SSSR count). The SMILES string of the molecule is O=C(O)C(=C(Cl)c1ccccc1Cl)C(Cl)(Cl)Cl. The molecule has 0 fully saturated rings. The molecule has 1 aromatic rings. The monoisotopic (exact) mass is 332 g/mol. The van der Waals surface area contributed by atoms with E-state index in [0.29, 0.717) is 5.56 Å². The Kier molecular flexibility index (Phi) is 4.99. The molecule has 7 heteroatoms. The number of carboxylic acids is 1. The summed E-state index contributed by atoms with van der Waals surface area (Å²) in [7, 11) is 0. The van der Waals surface area contributed by atoms with Gasteiger partial charge in [0, 0.05) is 10.6 Å². The Balaban J connectivity index is 3.46. The van der Waals surface area contributed by atoms with E-state index >= 15 is 0 Å². The molecule has 0 heterocycles. The van der Waals surface area contributed by atoms with Crippen molar-refractivity contribution in [1.29, 1.82) is 0 Å². The Labute approximate surface area is 123 Å². The van der Waals surface area contributed by atoms with E-state index in [2.05, 4.69) is 0 Å². The zero-order valence-electron chi connectivity index (χ0n) is 8.05. The van der Waals surface area contributed by atoms with Crippen LogP contribution in [0.2, 0.25) is 5.02 Å². The number of hydrogen-bond acceptors (Lipinski definition) is 1. The van der Waals surface area contributed by atoms with Gasteiger partial charge in [-0.15, -0.1) is 0 Å². The third-order valence-electron chi connectivity index (χ3n) is 1.83. The highest BCUT2D eigenvalue weighted by atomic mass is 35.6. The predicted molar refractivity (Wildman–Crippen MR) is 72.2 cm³/mol. The molecule has 2 nitrogen and oxygen atoms in total. The third-order valence-corrected chi connectivity index (χ3v) is 3.12. The van der Waals surface area contributed by atoms with Crippen LogP contribution in [0.4, 0.5) is 0 Å². The fourth-order valence-electron chi connectivity index (χ4n) is 1.11. The second-order valence-electron chi connectivity index (χ2n) is 2.97. The van der Waals surface area contributed by atoms with E-state index in [9.17, 15) is 4.79 Å². The fraction of sp³-hybridized carbons (Fsp3) is 0.100. The highest BCUT2D eigenvalue weighted by Gasteiger charge is 2.35. The topological polar surface area (TPSA) is 37.3 Å². The second kappa shape index (κ2) is 5.68. The van der Waals surface area contributed by atoms with E-state index in [1.807, 2.05) is 0 Å². The van der Waals surface area contributed by atoms with Crippen molar-refractivity contribution in [2.45, 2.75) is 3.79 Å². The first kappa shape index (κ1) is 14.9. The van der Waals surface area contributed by atoms with Crippen molar-refractivity contribution in [3.63, 3.8) is 0 Å². The molecule has 0 aliphatic carbocycles. The quantitative estimate of drug-likeness (QED) is 0.626. The van der Waals surface area contributed by atoms with Gasteiger partial charge in [-0.2, -0.15) is 0 Å². The molecule has 0 unspecified atom stereocenters. The lowest BCUT2D eigenvalue weighted by Gasteiger charge is -2.14. The van der Waals surface area contributed by atoms with Gasteiger partial charge >= 0.3 is 5.97 Å². The van der Waals surface area contributed by atoms with Gasteiger partial charge in [-0.05, 0) is 6.07 Å². The smallest absolute Gasteiger partial charge is 0.337 e. The standard InChI is InChI=1S/C10H5Cl5O2/c11-6-4-2-1-3-5(6)8(12)7(9(16)17)10(13,14)15/h1-4H,(H,16,17). The summed E-state index contributed by atoms with van der Waals surface area (Å²) in [6.07, 6.45) is 0. The van der Waals surface area contributed by atoms with E-state index < -0.39 is 15.3 Å². The average Bonchev–Trinajstić information content (AvgIpc) is 2.15. The van der Waals surface area contributed by atoms with Crippen LogP contribution < -0.4 is 0 Å². The van der Waals surface area contributed by atoms with Gasteiger partial charge in [-0.1, -0.05) is 76.2 Å². The molecule has 0 radical (unpaired) electrons. The van der Waals surface area contributed by atoms with Crippen molar-refractivity contribution in [2.24, 2.45) is 0 Å². The molecule has 0 aliphatic heterocycles. The normalized spacial score (nSPS) is 13.2. The number of rotatable bonds is 2. The van der Waals surface area contributed by atoms with E-state index in [1.54, 1.807) is 18.2 Å². The summed E-state index contributed by atoms with van der Waals surface area (Å²) in [4.78, 5) is 11.0. The van der Waals surface area contributed by atoms with Gasteiger partial charge in [0.15, 0.2) is 0 Å².